The molecule has 0 radical (unpaired) electrons. The van der Waals surface area contributed by atoms with Crippen LogP contribution in [0, 0.1) is 34.0 Å². The van der Waals surface area contributed by atoms with E-state index < -0.39 is 0 Å². The average Bonchev–Trinajstić information content (AvgIpc) is 2.34. The summed E-state index contributed by atoms with van der Waals surface area (Å²) in [4.78, 5) is 1.69. The number of nitrogens with zero attached hydrogens (tertiary/aromatic N) is 4. The Bertz CT molecular complexity index is 553. The largest absolute Gasteiger partial charge is 0.396 e. The first-order chi connectivity index (χ1) is 8.15. The van der Waals surface area contributed by atoms with Crippen LogP contribution in [0.3, 0.4) is 0 Å². The van der Waals surface area contributed by atoms with Gasteiger partial charge >= 0.3 is 0 Å². The number of nitriles is 3. The van der Waals surface area contributed by atoms with Crippen LogP contribution in [-0.2, 0) is 0 Å². The third kappa shape index (κ3) is 2.34. The maximum Gasteiger partial charge on any atom is 0.153 e. The molecule has 1 heterocycles. The fourth-order valence-electron chi connectivity index (χ4n) is 1.31. The Morgan fingerprint density at radius 3 is 2.29 bits per heavy atom. The summed E-state index contributed by atoms with van der Waals surface area (Å²) >= 11 is 0. The van der Waals surface area contributed by atoms with Gasteiger partial charge in [-0.05, 0) is 12.2 Å². The number of rotatable bonds is 1. The van der Waals surface area contributed by atoms with Crippen molar-refractivity contribution in [3.63, 3.8) is 0 Å². The highest BCUT2D eigenvalue weighted by molar-refractivity contribution is 5.56. The van der Waals surface area contributed by atoms with Crippen LogP contribution >= 0.6 is 0 Å². The third-order valence-corrected chi connectivity index (χ3v) is 2.19. The predicted molar refractivity (Wildman–Crippen MR) is 61.1 cm³/mol. The molecule has 5 heteroatoms. The molecule has 1 rings (SSSR count). The Balaban J connectivity index is 3.43. The molecule has 2 N–H and O–H groups in total. The second kappa shape index (κ2) is 5.21. The summed E-state index contributed by atoms with van der Waals surface area (Å²) in [5, 5.41) is 26.5. The van der Waals surface area contributed by atoms with Crippen LogP contribution in [0.15, 0.2) is 47.0 Å². The normalized spacial score (nSPS) is 15.5. The zero-order valence-electron chi connectivity index (χ0n) is 9.18. The Kier molecular flexibility index (Phi) is 3.71. The highest BCUT2D eigenvalue weighted by Gasteiger charge is 2.15. The molecule has 0 unspecified atom stereocenters. The van der Waals surface area contributed by atoms with Gasteiger partial charge in [0, 0.05) is 13.2 Å². The fourth-order valence-corrected chi connectivity index (χ4v) is 1.31. The van der Waals surface area contributed by atoms with Crippen molar-refractivity contribution in [1.29, 1.82) is 15.8 Å². The van der Waals surface area contributed by atoms with Crippen LogP contribution in [0.1, 0.15) is 0 Å². The number of likely N-dealkylation sites (N-methyl/N-ethyl adjacent to an activating group) is 1. The smallest absolute Gasteiger partial charge is 0.153 e. The molecule has 82 valence electrons. The first-order valence-corrected chi connectivity index (χ1v) is 4.68. The Morgan fingerprint density at radius 1 is 1.18 bits per heavy atom. The molecule has 17 heavy (non-hydrogen) atoms. The molecule has 1 aliphatic rings. The summed E-state index contributed by atoms with van der Waals surface area (Å²) in [6, 6.07) is 5.25. The molecule has 0 aromatic heterocycles. The van der Waals surface area contributed by atoms with E-state index in [2.05, 4.69) is 0 Å². The molecule has 0 bridgehead atoms. The maximum atomic E-state index is 9.08. The van der Waals surface area contributed by atoms with Crippen LogP contribution in [0.2, 0.25) is 0 Å². The number of allylic oxidation sites excluding steroid dienone is 5. The lowest BCUT2D eigenvalue weighted by Gasteiger charge is -2.19. The highest BCUT2D eigenvalue weighted by Crippen LogP contribution is 2.19. The van der Waals surface area contributed by atoms with Crippen molar-refractivity contribution >= 4 is 0 Å². The second-order valence-electron chi connectivity index (χ2n) is 3.20. The van der Waals surface area contributed by atoms with Gasteiger partial charge in [0.2, 0.25) is 0 Å². The summed E-state index contributed by atoms with van der Waals surface area (Å²) in [5.74, 6) is 0. The third-order valence-electron chi connectivity index (χ3n) is 2.19. The molecule has 0 spiro atoms. The van der Waals surface area contributed by atoms with Gasteiger partial charge in [0.25, 0.3) is 0 Å². The fraction of sp³-hybridized carbons (Fsp3) is 0.0833. The quantitative estimate of drug-likeness (QED) is 0.669. The molecule has 0 atom stereocenters. The minimum atomic E-state index is -0.259. The summed E-state index contributed by atoms with van der Waals surface area (Å²) < 4.78 is 0. The second-order valence-corrected chi connectivity index (χ2v) is 3.20. The summed E-state index contributed by atoms with van der Waals surface area (Å²) in [5.41, 5.74) is 5.97. The van der Waals surface area contributed by atoms with Gasteiger partial charge in [0.05, 0.1) is 11.4 Å². The van der Waals surface area contributed by atoms with E-state index in [1.165, 1.54) is 0 Å². The lowest BCUT2D eigenvalue weighted by atomic mass is 10.1. The predicted octanol–water partition coefficient (Wildman–Crippen LogP) is 1.04. The first-order valence-electron chi connectivity index (χ1n) is 4.68. The van der Waals surface area contributed by atoms with E-state index in [0.717, 1.165) is 0 Å². The molecule has 0 saturated carbocycles. The molecule has 1 aliphatic heterocycles. The minimum absolute atomic E-state index is 0.0979. The van der Waals surface area contributed by atoms with Crippen molar-refractivity contribution in [2.75, 3.05) is 7.05 Å². The molecule has 0 fully saturated rings. The average molecular weight is 223 g/mol. The molecule has 0 amide bonds. The summed E-state index contributed by atoms with van der Waals surface area (Å²) in [6.07, 6.45) is 6.99. The van der Waals surface area contributed by atoms with Crippen molar-refractivity contribution < 1.29 is 0 Å². The number of nitrogens with two attached hydrogens (primary N) is 1. The van der Waals surface area contributed by atoms with Crippen molar-refractivity contribution in [3.05, 3.63) is 47.0 Å². The summed E-state index contributed by atoms with van der Waals surface area (Å²) in [6.45, 7) is 0. The van der Waals surface area contributed by atoms with Crippen molar-refractivity contribution in [2.24, 2.45) is 5.73 Å². The monoisotopic (exact) mass is 223 g/mol. The van der Waals surface area contributed by atoms with Crippen LogP contribution in [0.5, 0.6) is 0 Å². The molecule has 0 saturated heterocycles. The molecular formula is C12H9N5. The van der Waals surface area contributed by atoms with Gasteiger partial charge in [-0.15, -0.1) is 0 Å². The minimum Gasteiger partial charge on any atom is -0.396 e. The van der Waals surface area contributed by atoms with Crippen LogP contribution in [-0.4, -0.2) is 11.9 Å². The van der Waals surface area contributed by atoms with Gasteiger partial charge in [0.15, 0.2) is 5.57 Å². The first kappa shape index (κ1) is 12.1. The Labute approximate surface area is 99.3 Å². The zero-order valence-corrected chi connectivity index (χ0v) is 9.18. The van der Waals surface area contributed by atoms with Gasteiger partial charge in [0.1, 0.15) is 23.8 Å². The highest BCUT2D eigenvalue weighted by atomic mass is 15.1. The van der Waals surface area contributed by atoms with E-state index in [9.17, 15) is 0 Å². The van der Waals surface area contributed by atoms with Gasteiger partial charge in [-0.25, -0.2) is 0 Å². The van der Waals surface area contributed by atoms with Crippen molar-refractivity contribution in [1.82, 2.24) is 4.90 Å². The van der Waals surface area contributed by atoms with Crippen molar-refractivity contribution in [3.8, 4) is 18.2 Å². The topological polar surface area (TPSA) is 101 Å². The van der Waals surface area contributed by atoms with Crippen LogP contribution < -0.4 is 5.73 Å². The molecular weight excluding hydrogens is 214 g/mol. The van der Waals surface area contributed by atoms with Crippen molar-refractivity contribution in [2.45, 2.75) is 0 Å². The molecule has 0 aliphatic carbocycles. The standard InChI is InChI=1S/C12H9N5/c1-17-5-3-2-4-11(17)10(8-15)12(16)9(6-13)7-14/h2-5H,16H2,1H3/b11-10-. The Hall–Kier alpha value is -2.97. The van der Waals surface area contributed by atoms with Gasteiger partial charge < -0.3 is 10.6 Å². The lowest BCUT2D eigenvalue weighted by Crippen LogP contribution is -2.16. The van der Waals surface area contributed by atoms with E-state index in [4.69, 9.17) is 21.5 Å². The molecule has 0 aromatic carbocycles. The van der Waals surface area contributed by atoms with E-state index in [1.807, 2.05) is 6.07 Å². The maximum absolute atomic E-state index is 9.08. The number of hydrogen-bond acceptors (Lipinski definition) is 5. The zero-order chi connectivity index (χ0) is 12.8. The van der Waals surface area contributed by atoms with Gasteiger partial charge in [-0.3, -0.25) is 0 Å². The van der Waals surface area contributed by atoms with Gasteiger partial charge in [-0.2, -0.15) is 15.8 Å². The summed E-state index contributed by atoms with van der Waals surface area (Å²) in [7, 11) is 1.75. The van der Waals surface area contributed by atoms with Crippen LogP contribution in [0.25, 0.3) is 0 Å². The van der Waals surface area contributed by atoms with Crippen LogP contribution in [0.4, 0.5) is 0 Å². The lowest BCUT2D eigenvalue weighted by molar-refractivity contribution is 0.579. The molecule has 0 aromatic rings. The van der Waals surface area contributed by atoms with E-state index in [-0.39, 0.29) is 16.8 Å². The molecule has 5 nitrogen and oxygen atoms in total. The SMILES string of the molecule is CN1C=CC=C/C1=C(\C#N)C(N)=C(C#N)C#N. The van der Waals surface area contributed by atoms with Gasteiger partial charge in [-0.1, -0.05) is 6.08 Å². The Morgan fingerprint density at radius 2 is 1.82 bits per heavy atom. The number of hydrogen-bond donors (Lipinski definition) is 1. The van der Waals surface area contributed by atoms with E-state index >= 15 is 0 Å². The van der Waals surface area contributed by atoms with E-state index in [1.54, 1.807) is 48.5 Å². The van der Waals surface area contributed by atoms with E-state index in [0.29, 0.717) is 5.70 Å².